The van der Waals surface area contributed by atoms with E-state index in [1.165, 1.54) is 0 Å². The van der Waals surface area contributed by atoms with Gasteiger partial charge in [-0.1, -0.05) is 24.3 Å². The number of ether oxygens (including phenoxy) is 2. The van der Waals surface area contributed by atoms with Crippen molar-refractivity contribution in [1.29, 1.82) is 0 Å². The quantitative estimate of drug-likeness (QED) is 0.729. The van der Waals surface area contributed by atoms with Gasteiger partial charge in [0.15, 0.2) is 0 Å². The molecule has 0 saturated heterocycles. The second-order valence-corrected chi connectivity index (χ2v) is 5.12. The molecule has 0 bridgehead atoms. The summed E-state index contributed by atoms with van der Waals surface area (Å²) < 4.78 is 11.9. The molecule has 0 unspecified atom stereocenters. The molecule has 2 nitrogen and oxygen atoms in total. The van der Waals surface area contributed by atoms with E-state index in [-0.39, 0.29) is 0 Å². The van der Waals surface area contributed by atoms with Crippen molar-refractivity contribution in [3.05, 3.63) is 58.1 Å². The second kappa shape index (κ2) is 6.83. The van der Waals surface area contributed by atoms with Crippen LogP contribution < -0.4 is 9.47 Å². The molecule has 0 saturated carbocycles. The van der Waals surface area contributed by atoms with Crippen LogP contribution in [0.2, 0.25) is 0 Å². The molecule has 0 aliphatic rings. The van der Waals surface area contributed by atoms with Crippen LogP contribution in [0.5, 0.6) is 11.5 Å². The summed E-state index contributed by atoms with van der Waals surface area (Å²) in [4.78, 5) is 0. The Morgan fingerprint density at radius 2 is 1.89 bits per heavy atom. The van der Waals surface area contributed by atoms with Crippen molar-refractivity contribution in [2.45, 2.75) is 12.5 Å². The molecule has 0 amide bonds. The third-order valence-corrected chi connectivity index (χ3v) is 3.63. The lowest BCUT2D eigenvalue weighted by Gasteiger charge is -2.11. The first-order valence-corrected chi connectivity index (χ1v) is 7.16. The summed E-state index contributed by atoms with van der Waals surface area (Å²) in [5.74, 6) is 2.08. The molecule has 0 aliphatic carbocycles. The summed E-state index contributed by atoms with van der Waals surface area (Å²) in [6, 6.07) is 13.7. The molecule has 2 aromatic carbocycles. The summed E-state index contributed by atoms with van der Waals surface area (Å²) in [7, 11) is 1.65. The van der Waals surface area contributed by atoms with Crippen molar-refractivity contribution in [2.24, 2.45) is 0 Å². The van der Waals surface area contributed by atoms with Gasteiger partial charge in [0.1, 0.15) is 18.1 Å². The molecule has 2 rings (SSSR count). The van der Waals surface area contributed by atoms with Crippen molar-refractivity contribution in [3.8, 4) is 11.5 Å². The predicted octanol–water partition coefficient (Wildman–Crippen LogP) is 4.78. The number of rotatable bonds is 5. The zero-order valence-corrected chi connectivity index (χ0v) is 12.9. The highest BCUT2D eigenvalue weighted by atomic mass is 79.9. The van der Waals surface area contributed by atoms with Gasteiger partial charge in [0.25, 0.3) is 0 Å². The molecular formula is C15H14BrClO2. The average Bonchev–Trinajstić information content (AvgIpc) is 2.45. The van der Waals surface area contributed by atoms with E-state index in [0.717, 1.165) is 27.1 Å². The zero-order valence-electron chi connectivity index (χ0n) is 10.5. The summed E-state index contributed by atoms with van der Waals surface area (Å²) in [5, 5.41) is 0. The molecule has 0 N–H and O–H groups in total. The monoisotopic (exact) mass is 340 g/mol. The smallest absolute Gasteiger partial charge is 0.133 e. The number of halogens is 2. The van der Waals surface area contributed by atoms with Gasteiger partial charge in [-0.3, -0.25) is 0 Å². The molecule has 0 atom stereocenters. The Balaban J connectivity index is 2.08. The summed E-state index contributed by atoms with van der Waals surface area (Å²) in [6.45, 7) is 0.497. The Morgan fingerprint density at radius 1 is 1.11 bits per heavy atom. The Hall–Kier alpha value is -1.19. The van der Waals surface area contributed by atoms with Gasteiger partial charge in [-0.2, -0.15) is 0 Å². The lowest BCUT2D eigenvalue weighted by molar-refractivity contribution is 0.303. The van der Waals surface area contributed by atoms with Crippen LogP contribution >= 0.6 is 27.5 Å². The lowest BCUT2D eigenvalue weighted by atomic mass is 10.2. The van der Waals surface area contributed by atoms with Crippen molar-refractivity contribution < 1.29 is 9.47 Å². The fourth-order valence-corrected chi connectivity index (χ4v) is 2.52. The van der Waals surface area contributed by atoms with E-state index in [1.807, 2.05) is 42.5 Å². The number of hydrogen-bond acceptors (Lipinski definition) is 2. The van der Waals surface area contributed by atoms with E-state index in [2.05, 4.69) is 15.9 Å². The van der Waals surface area contributed by atoms with Crippen LogP contribution in [-0.4, -0.2) is 7.11 Å². The fourth-order valence-electron chi connectivity index (χ4n) is 1.72. The van der Waals surface area contributed by atoms with Gasteiger partial charge in [0.05, 0.1) is 17.5 Å². The minimum atomic E-state index is 0.447. The molecule has 0 aliphatic heterocycles. The maximum Gasteiger partial charge on any atom is 0.133 e. The third kappa shape index (κ3) is 3.64. The molecule has 0 radical (unpaired) electrons. The SMILES string of the molecule is COc1ccc(COc2ccccc2CCl)cc1Br. The van der Waals surface area contributed by atoms with E-state index in [0.29, 0.717) is 12.5 Å². The van der Waals surface area contributed by atoms with E-state index in [1.54, 1.807) is 7.11 Å². The highest BCUT2D eigenvalue weighted by Crippen LogP contribution is 2.27. The molecule has 100 valence electrons. The van der Waals surface area contributed by atoms with Crippen LogP contribution in [0.25, 0.3) is 0 Å². The number of benzene rings is 2. The van der Waals surface area contributed by atoms with Crippen LogP contribution in [0.1, 0.15) is 11.1 Å². The van der Waals surface area contributed by atoms with Gasteiger partial charge < -0.3 is 9.47 Å². The van der Waals surface area contributed by atoms with Gasteiger partial charge in [-0.05, 0) is 39.7 Å². The van der Waals surface area contributed by atoms with Crippen LogP contribution in [0.4, 0.5) is 0 Å². The highest BCUT2D eigenvalue weighted by Gasteiger charge is 2.04. The van der Waals surface area contributed by atoms with Crippen LogP contribution in [0, 0.1) is 0 Å². The van der Waals surface area contributed by atoms with Gasteiger partial charge in [0, 0.05) is 5.56 Å². The Labute approximate surface area is 126 Å². The second-order valence-electron chi connectivity index (χ2n) is 4.00. The number of alkyl halides is 1. The Morgan fingerprint density at radius 3 is 2.58 bits per heavy atom. The minimum absolute atomic E-state index is 0.447. The molecule has 19 heavy (non-hydrogen) atoms. The van der Waals surface area contributed by atoms with Gasteiger partial charge in [-0.25, -0.2) is 0 Å². The largest absolute Gasteiger partial charge is 0.496 e. The van der Waals surface area contributed by atoms with Crippen molar-refractivity contribution in [3.63, 3.8) is 0 Å². The van der Waals surface area contributed by atoms with Gasteiger partial charge in [0.2, 0.25) is 0 Å². The average molecular weight is 342 g/mol. The first-order valence-electron chi connectivity index (χ1n) is 5.83. The van der Waals surface area contributed by atoms with Gasteiger partial charge in [-0.15, -0.1) is 11.6 Å². The van der Waals surface area contributed by atoms with E-state index < -0.39 is 0 Å². The third-order valence-electron chi connectivity index (χ3n) is 2.73. The predicted molar refractivity (Wildman–Crippen MR) is 81.0 cm³/mol. The van der Waals surface area contributed by atoms with Crippen LogP contribution in [-0.2, 0) is 12.5 Å². The van der Waals surface area contributed by atoms with Crippen LogP contribution in [0.15, 0.2) is 46.9 Å². The first-order chi connectivity index (χ1) is 9.24. The maximum absolute atomic E-state index is 5.87. The fraction of sp³-hybridized carbons (Fsp3) is 0.200. The highest BCUT2D eigenvalue weighted by molar-refractivity contribution is 9.10. The topological polar surface area (TPSA) is 18.5 Å². The van der Waals surface area contributed by atoms with E-state index >= 15 is 0 Å². The van der Waals surface area contributed by atoms with Crippen molar-refractivity contribution >= 4 is 27.5 Å². The minimum Gasteiger partial charge on any atom is -0.496 e. The molecule has 0 aromatic heterocycles. The summed E-state index contributed by atoms with van der Waals surface area (Å²) in [5.41, 5.74) is 2.06. The first kappa shape index (κ1) is 14.2. The molecule has 4 heteroatoms. The molecule has 0 fully saturated rings. The summed E-state index contributed by atoms with van der Waals surface area (Å²) in [6.07, 6.45) is 0. The normalized spacial score (nSPS) is 10.3. The number of methoxy groups -OCH3 is 1. The Kier molecular flexibility index (Phi) is 5.11. The zero-order chi connectivity index (χ0) is 13.7. The van der Waals surface area contributed by atoms with Gasteiger partial charge >= 0.3 is 0 Å². The molecular weight excluding hydrogens is 328 g/mol. The lowest BCUT2D eigenvalue weighted by Crippen LogP contribution is -1.98. The van der Waals surface area contributed by atoms with E-state index in [4.69, 9.17) is 21.1 Å². The van der Waals surface area contributed by atoms with Crippen molar-refractivity contribution in [1.82, 2.24) is 0 Å². The molecule has 2 aromatic rings. The molecule has 0 spiro atoms. The summed E-state index contributed by atoms with van der Waals surface area (Å²) >= 11 is 9.33. The molecule has 0 heterocycles. The standard InChI is InChI=1S/C15H14BrClO2/c1-18-15-7-6-11(8-13(15)16)10-19-14-5-3-2-4-12(14)9-17/h2-8H,9-10H2,1H3. The number of hydrogen-bond donors (Lipinski definition) is 0. The number of para-hydroxylation sites is 1. The Bertz CT molecular complexity index is 558. The van der Waals surface area contributed by atoms with Crippen LogP contribution in [0.3, 0.4) is 0 Å². The maximum atomic E-state index is 5.87. The van der Waals surface area contributed by atoms with E-state index in [9.17, 15) is 0 Å². The van der Waals surface area contributed by atoms with Crippen molar-refractivity contribution in [2.75, 3.05) is 7.11 Å².